The molecule has 0 aliphatic carbocycles. The molecule has 1 atom stereocenters. The van der Waals surface area contributed by atoms with Crippen LogP contribution in [0, 0.1) is 16.5 Å². The Morgan fingerprint density at radius 3 is 2.73 bits per heavy atom. The van der Waals surface area contributed by atoms with Gasteiger partial charge >= 0.3 is 0 Å². The molecule has 2 aromatic rings. The van der Waals surface area contributed by atoms with Crippen LogP contribution in [0.15, 0.2) is 53.7 Å². The maximum Gasteiger partial charge on any atom is 0.251 e. The van der Waals surface area contributed by atoms with Crippen LogP contribution in [0.3, 0.4) is 0 Å². The number of ether oxygens (including phenoxy) is 1. The van der Waals surface area contributed by atoms with Gasteiger partial charge in [0.05, 0.1) is 18.6 Å². The van der Waals surface area contributed by atoms with Crippen molar-refractivity contribution >= 4 is 11.8 Å². The summed E-state index contributed by atoms with van der Waals surface area (Å²) < 4.78 is 6.26. The van der Waals surface area contributed by atoms with Crippen LogP contribution in [0.4, 0.5) is 0 Å². The molecule has 1 unspecified atom stereocenters. The van der Waals surface area contributed by atoms with E-state index in [1.165, 1.54) is 18.0 Å². The summed E-state index contributed by atoms with van der Waals surface area (Å²) in [4.78, 5) is 0. The van der Waals surface area contributed by atoms with Gasteiger partial charge < -0.3 is 15.1 Å². The van der Waals surface area contributed by atoms with Crippen molar-refractivity contribution in [2.45, 2.75) is 17.6 Å². The van der Waals surface area contributed by atoms with E-state index in [1.54, 1.807) is 30.3 Å². The number of benzene rings is 1. The maximum absolute atomic E-state index is 11.5. The molecule has 0 saturated carbocycles. The van der Waals surface area contributed by atoms with Crippen LogP contribution in [0.25, 0.3) is 0 Å². The Morgan fingerprint density at radius 2 is 2.05 bits per heavy atom. The van der Waals surface area contributed by atoms with Crippen LogP contribution < -0.4 is 9.47 Å². The highest BCUT2D eigenvalue weighted by Gasteiger charge is 2.10. The quantitative estimate of drug-likeness (QED) is 0.479. The molecule has 0 aliphatic heterocycles. The molecule has 6 heteroatoms. The molecule has 0 fully saturated rings. The van der Waals surface area contributed by atoms with E-state index in [4.69, 9.17) is 10.00 Å². The normalized spacial score (nSPS) is 11.6. The smallest absolute Gasteiger partial charge is 0.251 e. The molecular weight excluding hydrogens is 300 g/mol. The average Bonchev–Trinajstić information content (AvgIpc) is 2.54. The van der Waals surface area contributed by atoms with E-state index in [-0.39, 0.29) is 6.61 Å². The third kappa shape index (κ3) is 4.95. The summed E-state index contributed by atoms with van der Waals surface area (Å²) in [6.45, 7) is 0.149. The van der Waals surface area contributed by atoms with Gasteiger partial charge in [-0.05, 0) is 23.8 Å². The molecule has 0 amide bonds. The summed E-state index contributed by atoms with van der Waals surface area (Å²) in [6.07, 6.45) is 1.11. The third-order valence-electron chi connectivity index (χ3n) is 2.86. The maximum atomic E-state index is 11.5. The lowest BCUT2D eigenvalue weighted by Gasteiger charge is -2.12. The predicted molar refractivity (Wildman–Crippen MR) is 83.4 cm³/mol. The molecular formula is C16H16N2O3S. The van der Waals surface area contributed by atoms with Crippen LogP contribution in [-0.4, -0.2) is 23.6 Å². The van der Waals surface area contributed by atoms with E-state index in [0.717, 1.165) is 10.3 Å². The van der Waals surface area contributed by atoms with Crippen LogP contribution in [0.5, 0.6) is 5.75 Å². The van der Waals surface area contributed by atoms with Gasteiger partial charge in [-0.15, -0.1) is 0 Å². The van der Waals surface area contributed by atoms with E-state index in [0.29, 0.717) is 22.9 Å². The zero-order chi connectivity index (χ0) is 15.8. The average molecular weight is 316 g/mol. The largest absolute Gasteiger partial charge is 0.618 e. The van der Waals surface area contributed by atoms with Gasteiger partial charge in [-0.2, -0.15) is 9.99 Å². The molecule has 1 aromatic heterocycles. The first-order valence-corrected chi connectivity index (χ1v) is 7.75. The SMILES string of the molecule is N#CCc1ccc(OCC(O)CSc2cccc[n+]2[O-])cc1. The topological polar surface area (TPSA) is 80.2 Å². The zero-order valence-corrected chi connectivity index (χ0v) is 12.7. The van der Waals surface area contributed by atoms with Gasteiger partial charge in [0.15, 0.2) is 6.20 Å². The lowest BCUT2D eigenvalue weighted by Crippen LogP contribution is -2.29. The van der Waals surface area contributed by atoms with Crippen LogP contribution in [0.1, 0.15) is 5.56 Å². The number of hydrogen-bond donors (Lipinski definition) is 1. The van der Waals surface area contributed by atoms with E-state index < -0.39 is 6.10 Å². The highest BCUT2D eigenvalue weighted by atomic mass is 32.2. The van der Waals surface area contributed by atoms with Crippen molar-refractivity contribution in [3.8, 4) is 11.8 Å². The summed E-state index contributed by atoms with van der Waals surface area (Å²) in [5, 5.41) is 30.5. The second kappa shape index (κ2) is 8.27. The zero-order valence-electron chi connectivity index (χ0n) is 11.9. The fraction of sp³-hybridized carbons (Fsp3) is 0.250. The first-order valence-electron chi connectivity index (χ1n) is 6.77. The lowest BCUT2D eigenvalue weighted by molar-refractivity contribution is -0.645. The van der Waals surface area contributed by atoms with Crippen molar-refractivity contribution in [1.29, 1.82) is 5.26 Å². The Hall–Kier alpha value is -2.23. The molecule has 22 heavy (non-hydrogen) atoms. The number of rotatable bonds is 7. The molecule has 5 nitrogen and oxygen atoms in total. The molecule has 0 radical (unpaired) electrons. The monoisotopic (exact) mass is 316 g/mol. The van der Waals surface area contributed by atoms with Crippen molar-refractivity contribution < 1.29 is 14.6 Å². The number of aromatic nitrogens is 1. The Balaban J connectivity index is 1.77. The number of aliphatic hydroxyl groups excluding tert-OH is 1. The van der Waals surface area contributed by atoms with Crippen LogP contribution in [0.2, 0.25) is 0 Å². The molecule has 1 heterocycles. The number of hydrogen-bond acceptors (Lipinski definition) is 5. The number of pyridine rings is 1. The van der Waals surface area contributed by atoms with Gasteiger partial charge in [0.1, 0.15) is 12.4 Å². The van der Waals surface area contributed by atoms with Gasteiger partial charge in [-0.1, -0.05) is 23.9 Å². The molecule has 0 bridgehead atoms. The molecule has 0 aliphatic rings. The highest BCUT2D eigenvalue weighted by Crippen LogP contribution is 2.16. The third-order valence-corrected chi connectivity index (χ3v) is 4.02. The second-order valence-electron chi connectivity index (χ2n) is 4.62. The van der Waals surface area contributed by atoms with Gasteiger partial charge in [-0.25, -0.2) is 0 Å². The lowest BCUT2D eigenvalue weighted by atomic mass is 10.2. The van der Waals surface area contributed by atoms with E-state index in [9.17, 15) is 10.3 Å². The number of nitrogens with zero attached hydrogens (tertiary/aromatic N) is 2. The van der Waals surface area contributed by atoms with E-state index in [1.807, 2.05) is 12.1 Å². The minimum atomic E-state index is -0.677. The Kier molecular flexibility index (Phi) is 6.07. The minimum Gasteiger partial charge on any atom is -0.618 e. The summed E-state index contributed by atoms with van der Waals surface area (Å²) in [5.41, 5.74) is 0.926. The number of nitriles is 1. The summed E-state index contributed by atoms with van der Waals surface area (Å²) in [5.74, 6) is 1.02. The van der Waals surface area contributed by atoms with Gasteiger partial charge in [0.25, 0.3) is 5.03 Å². The fourth-order valence-corrected chi connectivity index (χ4v) is 2.56. The Morgan fingerprint density at radius 1 is 1.27 bits per heavy atom. The standard InChI is InChI=1S/C16H16N2O3S/c17-9-8-13-4-6-15(7-5-13)21-11-14(19)12-22-16-3-1-2-10-18(16)20/h1-7,10,14,19H,8,11-12H2. The minimum absolute atomic E-state index is 0.149. The molecule has 2 rings (SSSR count). The second-order valence-corrected chi connectivity index (χ2v) is 5.66. The van der Waals surface area contributed by atoms with E-state index >= 15 is 0 Å². The summed E-state index contributed by atoms with van der Waals surface area (Å²) in [6, 6.07) is 14.4. The molecule has 0 spiro atoms. The Bertz CT molecular complexity index is 641. The van der Waals surface area contributed by atoms with Gasteiger partial charge in [0.2, 0.25) is 0 Å². The van der Waals surface area contributed by atoms with Crippen molar-refractivity contribution in [3.63, 3.8) is 0 Å². The van der Waals surface area contributed by atoms with Crippen molar-refractivity contribution in [2.24, 2.45) is 0 Å². The van der Waals surface area contributed by atoms with Crippen LogP contribution in [-0.2, 0) is 6.42 Å². The number of aliphatic hydroxyl groups is 1. The first-order chi connectivity index (χ1) is 10.7. The number of thioether (sulfide) groups is 1. The van der Waals surface area contributed by atoms with Gasteiger partial charge in [0, 0.05) is 17.9 Å². The highest BCUT2D eigenvalue weighted by molar-refractivity contribution is 7.99. The fourth-order valence-electron chi connectivity index (χ4n) is 1.74. The molecule has 0 saturated heterocycles. The summed E-state index contributed by atoms with van der Waals surface area (Å²) in [7, 11) is 0. The van der Waals surface area contributed by atoms with Crippen molar-refractivity contribution in [1.82, 2.24) is 0 Å². The molecule has 1 aromatic carbocycles. The van der Waals surface area contributed by atoms with Crippen LogP contribution >= 0.6 is 11.8 Å². The van der Waals surface area contributed by atoms with Crippen molar-refractivity contribution in [3.05, 3.63) is 59.4 Å². The predicted octanol–water partition coefficient (Wildman–Crippen LogP) is 1.92. The Labute approximate surface area is 133 Å². The summed E-state index contributed by atoms with van der Waals surface area (Å²) >= 11 is 1.28. The molecule has 1 N–H and O–H groups in total. The molecule has 114 valence electrons. The van der Waals surface area contributed by atoms with Gasteiger partial charge in [-0.3, -0.25) is 0 Å². The first kappa shape index (κ1) is 16.1. The van der Waals surface area contributed by atoms with Crippen molar-refractivity contribution in [2.75, 3.05) is 12.4 Å². The van der Waals surface area contributed by atoms with E-state index in [2.05, 4.69) is 6.07 Å².